The van der Waals surface area contributed by atoms with Crippen molar-refractivity contribution in [2.75, 3.05) is 0 Å². The molecule has 1 N–H and O–H groups in total. The lowest BCUT2D eigenvalue weighted by atomic mass is 10.00. The van der Waals surface area contributed by atoms with Crippen LogP contribution in [0.2, 0.25) is 0 Å². The second-order valence-electron chi connectivity index (χ2n) is 4.73. The Morgan fingerprint density at radius 1 is 1.30 bits per heavy atom. The van der Waals surface area contributed by atoms with Gasteiger partial charge in [-0.2, -0.15) is 0 Å². The normalized spacial score (nSPS) is 17.9. The zero-order valence-corrected chi connectivity index (χ0v) is 11.5. The lowest BCUT2D eigenvalue weighted by Gasteiger charge is -2.32. The molecule has 5 heteroatoms. The van der Waals surface area contributed by atoms with Gasteiger partial charge >= 0.3 is 5.97 Å². The van der Waals surface area contributed by atoms with E-state index in [0.717, 1.165) is 10.4 Å². The molecule has 1 aliphatic rings. The molecule has 102 valence electrons. The van der Waals surface area contributed by atoms with Crippen LogP contribution in [0.3, 0.4) is 0 Å². The smallest absolute Gasteiger partial charge is 0.326 e. The van der Waals surface area contributed by atoms with Crippen LogP contribution in [0, 0.1) is 0 Å². The summed E-state index contributed by atoms with van der Waals surface area (Å²) in [6, 6.07) is 10.5. The van der Waals surface area contributed by atoms with Crippen molar-refractivity contribution in [2.24, 2.45) is 0 Å². The van der Waals surface area contributed by atoms with E-state index in [1.807, 2.05) is 35.7 Å². The number of carboxylic acid groups (broad SMARTS) is 1. The molecule has 20 heavy (non-hydrogen) atoms. The van der Waals surface area contributed by atoms with Crippen molar-refractivity contribution in [2.45, 2.75) is 19.0 Å². The molecule has 3 rings (SSSR count). The number of thiophene rings is 1. The van der Waals surface area contributed by atoms with Gasteiger partial charge in [0.1, 0.15) is 6.04 Å². The SMILES string of the molecule is O=C(O)C1Cc2sccc2C(=O)N1Cc1ccccc1. The van der Waals surface area contributed by atoms with Crippen LogP contribution < -0.4 is 0 Å². The largest absolute Gasteiger partial charge is 0.480 e. The van der Waals surface area contributed by atoms with Gasteiger partial charge in [0.05, 0.1) is 5.56 Å². The zero-order chi connectivity index (χ0) is 14.1. The Hall–Kier alpha value is -2.14. The Bertz CT molecular complexity index is 650. The Labute approximate surface area is 120 Å². The van der Waals surface area contributed by atoms with Gasteiger partial charge < -0.3 is 10.0 Å². The minimum absolute atomic E-state index is 0.191. The van der Waals surface area contributed by atoms with Gasteiger partial charge in [-0.1, -0.05) is 30.3 Å². The lowest BCUT2D eigenvalue weighted by Crippen LogP contribution is -2.48. The van der Waals surface area contributed by atoms with Crippen LogP contribution in [0.15, 0.2) is 41.8 Å². The molecule has 2 heterocycles. The van der Waals surface area contributed by atoms with E-state index in [4.69, 9.17) is 0 Å². The van der Waals surface area contributed by atoms with Crippen LogP contribution in [0.5, 0.6) is 0 Å². The number of carboxylic acids is 1. The Kier molecular flexibility index (Phi) is 3.28. The van der Waals surface area contributed by atoms with Gasteiger partial charge in [-0.05, 0) is 17.0 Å². The van der Waals surface area contributed by atoms with Crippen molar-refractivity contribution >= 4 is 23.2 Å². The first-order valence-corrected chi connectivity index (χ1v) is 7.19. The zero-order valence-electron chi connectivity index (χ0n) is 10.7. The molecule has 1 aromatic heterocycles. The fourth-order valence-corrected chi connectivity index (χ4v) is 3.36. The minimum Gasteiger partial charge on any atom is -0.480 e. The number of aliphatic carboxylic acids is 1. The fourth-order valence-electron chi connectivity index (χ4n) is 2.45. The van der Waals surface area contributed by atoms with E-state index in [9.17, 15) is 14.7 Å². The van der Waals surface area contributed by atoms with Gasteiger partial charge in [-0.15, -0.1) is 11.3 Å². The number of hydrogen-bond donors (Lipinski definition) is 1. The number of carbonyl (C=O) groups is 2. The van der Waals surface area contributed by atoms with Gasteiger partial charge in [0.15, 0.2) is 0 Å². The van der Waals surface area contributed by atoms with Gasteiger partial charge in [0.25, 0.3) is 5.91 Å². The maximum absolute atomic E-state index is 12.5. The molecular formula is C15H13NO3S. The van der Waals surface area contributed by atoms with Crippen molar-refractivity contribution in [3.05, 3.63) is 57.8 Å². The van der Waals surface area contributed by atoms with Crippen molar-refractivity contribution in [1.82, 2.24) is 4.90 Å². The van der Waals surface area contributed by atoms with E-state index in [0.29, 0.717) is 18.5 Å². The number of hydrogen-bond acceptors (Lipinski definition) is 3. The first-order valence-electron chi connectivity index (χ1n) is 6.31. The minimum atomic E-state index is -0.951. The topological polar surface area (TPSA) is 57.6 Å². The highest BCUT2D eigenvalue weighted by atomic mass is 32.1. The van der Waals surface area contributed by atoms with Crippen LogP contribution >= 0.6 is 11.3 Å². The molecule has 0 fully saturated rings. The van der Waals surface area contributed by atoms with Crippen molar-refractivity contribution in [1.29, 1.82) is 0 Å². The van der Waals surface area contributed by atoms with Gasteiger partial charge in [0, 0.05) is 17.8 Å². The summed E-state index contributed by atoms with van der Waals surface area (Å²) in [4.78, 5) is 26.2. The van der Waals surface area contributed by atoms with Crippen molar-refractivity contribution < 1.29 is 14.7 Å². The number of benzene rings is 1. The third-order valence-electron chi connectivity index (χ3n) is 3.47. The Balaban J connectivity index is 1.94. The van der Waals surface area contributed by atoms with Gasteiger partial charge in [-0.25, -0.2) is 4.79 Å². The van der Waals surface area contributed by atoms with Crippen LogP contribution in [-0.4, -0.2) is 27.9 Å². The quantitative estimate of drug-likeness (QED) is 0.943. The molecule has 0 aliphatic carbocycles. The third kappa shape index (κ3) is 2.20. The Morgan fingerprint density at radius 2 is 2.05 bits per heavy atom. The van der Waals surface area contributed by atoms with Gasteiger partial charge in [0.2, 0.25) is 0 Å². The van der Waals surface area contributed by atoms with E-state index in [-0.39, 0.29) is 5.91 Å². The monoisotopic (exact) mass is 287 g/mol. The summed E-state index contributed by atoms with van der Waals surface area (Å²) in [5, 5.41) is 11.2. The summed E-state index contributed by atoms with van der Waals surface area (Å²) in [7, 11) is 0. The molecule has 4 nitrogen and oxygen atoms in total. The van der Waals surface area contributed by atoms with E-state index in [1.54, 1.807) is 6.07 Å². The molecule has 1 amide bonds. The highest BCUT2D eigenvalue weighted by Crippen LogP contribution is 2.29. The standard InChI is InChI=1S/C15H13NO3S/c17-14-11-6-7-20-13(11)8-12(15(18)19)16(14)9-10-4-2-1-3-5-10/h1-7,12H,8-9H2,(H,18,19). The van der Waals surface area contributed by atoms with Crippen molar-refractivity contribution in [3.63, 3.8) is 0 Å². The van der Waals surface area contributed by atoms with Crippen LogP contribution in [0.1, 0.15) is 20.8 Å². The van der Waals surface area contributed by atoms with Gasteiger partial charge in [-0.3, -0.25) is 4.79 Å². The molecule has 2 aromatic rings. The summed E-state index contributed by atoms with van der Waals surface area (Å²) in [5.74, 6) is -1.14. The molecule has 0 saturated heterocycles. The van der Waals surface area contributed by atoms with Crippen LogP contribution in [-0.2, 0) is 17.8 Å². The average molecular weight is 287 g/mol. The van der Waals surface area contributed by atoms with E-state index in [1.165, 1.54) is 16.2 Å². The number of carbonyl (C=O) groups excluding carboxylic acids is 1. The summed E-state index contributed by atoms with van der Waals surface area (Å²) < 4.78 is 0. The predicted molar refractivity (Wildman–Crippen MR) is 75.8 cm³/mol. The molecule has 0 spiro atoms. The number of amides is 1. The molecule has 1 atom stereocenters. The highest BCUT2D eigenvalue weighted by molar-refractivity contribution is 7.10. The lowest BCUT2D eigenvalue weighted by molar-refractivity contribution is -0.142. The van der Waals surface area contributed by atoms with Crippen LogP contribution in [0.25, 0.3) is 0 Å². The summed E-state index contributed by atoms with van der Waals surface area (Å²) in [5.41, 5.74) is 1.58. The van der Waals surface area contributed by atoms with E-state index >= 15 is 0 Å². The first-order chi connectivity index (χ1) is 9.66. The van der Waals surface area contributed by atoms with E-state index in [2.05, 4.69) is 0 Å². The molecule has 1 unspecified atom stereocenters. The molecule has 0 bridgehead atoms. The second-order valence-corrected chi connectivity index (χ2v) is 5.73. The molecule has 0 saturated carbocycles. The number of nitrogens with zero attached hydrogens (tertiary/aromatic N) is 1. The van der Waals surface area contributed by atoms with E-state index < -0.39 is 12.0 Å². The molecule has 1 aliphatic heterocycles. The maximum atomic E-state index is 12.5. The maximum Gasteiger partial charge on any atom is 0.326 e. The molecular weight excluding hydrogens is 274 g/mol. The van der Waals surface area contributed by atoms with Crippen LogP contribution in [0.4, 0.5) is 0 Å². The first kappa shape index (κ1) is 12.9. The summed E-state index contributed by atoms with van der Waals surface area (Å²) >= 11 is 1.45. The number of fused-ring (bicyclic) bond motifs is 1. The fraction of sp³-hybridized carbons (Fsp3) is 0.200. The Morgan fingerprint density at radius 3 is 2.75 bits per heavy atom. The third-order valence-corrected chi connectivity index (χ3v) is 4.42. The predicted octanol–water partition coefficient (Wildman–Crippen LogP) is 2.40. The number of rotatable bonds is 3. The van der Waals surface area contributed by atoms with Crippen molar-refractivity contribution in [3.8, 4) is 0 Å². The second kappa shape index (κ2) is 5.09. The summed E-state index contributed by atoms with van der Waals surface area (Å²) in [6.45, 7) is 0.325. The summed E-state index contributed by atoms with van der Waals surface area (Å²) in [6.07, 6.45) is 0.390. The average Bonchev–Trinajstić information content (AvgIpc) is 2.91. The molecule has 0 radical (unpaired) electrons. The molecule has 1 aromatic carbocycles. The highest BCUT2D eigenvalue weighted by Gasteiger charge is 2.37.